The van der Waals surface area contributed by atoms with Crippen molar-refractivity contribution in [2.24, 2.45) is 0 Å². The SMILES string of the molecule is C=C(C)C(=O)OC(C)c1ccc(N(C)C(=O)N(C)c2ccc(C(C)OC(=O)C(=C)C)cc2)cc1. The molecule has 2 amide bonds. The lowest BCUT2D eigenvalue weighted by atomic mass is 10.1. The van der Waals surface area contributed by atoms with Crippen LogP contribution in [0.5, 0.6) is 0 Å². The van der Waals surface area contributed by atoms with E-state index in [1.54, 1.807) is 66.1 Å². The Balaban J connectivity index is 2.06. The molecule has 0 spiro atoms. The summed E-state index contributed by atoms with van der Waals surface area (Å²) in [4.78, 5) is 39.5. The zero-order valence-electron chi connectivity index (χ0n) is 20.6. The van der Waals surface area contributed by atoms with Crippen molar-refractivity contribution in [2.45, 2.75) is 39.9 Å². The third-order valence-corrected chi connectivity index (χ3v) is 5.34. The zero-order valence-corrected chi connectivity index (χ0v) is 20.6. The fourth-order valence-corrected chi connectivity index (χ4v) is 3.04. The van der Waals surface area contributed by atoms with E-state index in [9.17, 15) is 14.4 Å². The third-order valence-electron chi connectivity index (χ3n) is 5.34. The molecule has 0 saturated carbocycles. The molecule has 0 aromatic heterocycles. The highest BCUT2D eigenvalue weighted by atomic mass is 16.5. The van der Waals surface area contributed by atoms with E-state index >= 15 is 0 Å². The van der Waals surface area contributed by atoms with E-state index in [2.05, 4.69) is 13.2 Å². The number of ether oxygens (including phenoxy) is 2. The highest BCUT2D eigenvalue weighted by Gasteiger charge is 2.19. The Morgan fingerprint density at radius 3 is 1.24 bits per heavy atom. The maximum absolute atomic E-state index is 13.0. The minimum atomic E-state index is -0.445. The minimum absolute atomic E-state index is 0.232. The van der Waals surface area contributed by atoms with Crippen LogP contribution in [0.3, 0.4) is 0 Å². The van der Waals surface area contributed by atoms with E-state index in [-0.39, 0.29) is 6.03 Å². The molecule has 0 N–H and O–H groups in total. The second kappa shape index (κ2) is 11.3. The van der Waals surface area contributed by atoms with Crippen LogP contribution in [0.15, 0.2) is 72.8 Å². The van der Waals surface area contributed by atoms with Gasteiger partial charge in [-0.15, -0.1) is 0 Å². The predicted octanol–water partition coefficient (Wildman–Crippen LogP) is 5.74. The van der Waals surface area contributed by atoms with Crippen LogP contribution in [0, 0.1) is 0 Å². The molecule has 2 aromatic carbocycles. The molecule has 0 fully saturated rings. The van der Waals surface area contributed by atoms with Gasteiger partial charge in [-0.3, -0.25) is 9.80 Å². The molecule has 7 heteroatoms. The van der Waals surface area contributed by atoms with Crippen LogP contribution >= 0.6 is 0 Å². The quantitative estimate of drug-likeness (QED) is 0.368. The molecule has 0 heterocycles. The number of urea groups is 1. The summed E-state index contributed by atoms with van der Waals surface area (Å²) in [5, 5.41) is 0. The van der Waals surface area contributed by atoms with Crippen LogP contribution in [0.4, 0.5) is 16.2 Å². The molecule has 2 unspecified atom stereocenters. The molecule has 0 aliphatic heterocycles. The Hall–Kier alpha value is -3.87. The Morgan fingerprint density at radius 2 is 0.971 bits per heavy atom. The molecule has 7 nitrogen and oxygen atoms in total. The minimum Gasteiger partial charge on any atom is -0.454 e. The van der Waals surface area contributed by atoms with Gasteiger partial charge in [-0.25, -0.2) is 14.4 Å². The Bertz CT molecular complexity index is 988. The molecule has 0 radical (unpaired) electrons. The summed E-state index contributed by atoms with van der Waals surface area (Å²) in [5.74, 6) is -0.889. The summed E-state index contributed by atoms with van der Waals surface area (Å²) in [6, 6.07) is 14.2. The second-order valence-corrected chi connectivity index (χ2v) is 8.24. The van der Waals surface area contributed by atoms with Crippen LogP contribution in [0.25, 0.3) is 0 Å². The maximum Gasteiger partial charge on any atom is 0.333 e. The van der Waals surface area contributed by atoms with Crippen molar-refractivity contribution in [3.63, 3.8) is 0 Å². The molecule has 2 aromatic rings. The largest absolute Gasteiger partial charge is 0.454 e. The van der Waals surface area contributed by atoms with Crippen molar-refractivity contribution in [1.29, 1.82) is 0 Å². The molecule has 180 valence electrons. The molecule has 0 aliphatic carbocycles. The van der Waals surface area contributed by atoms with Crippen LogP contribution < -0.4 is 9.80 Å². The highest BCUT2D eigenvalue weighted by Crippen LogP contribution is 2.25. The summed E-state index contributed by atoms with van der Waals surface area (Å²) in [6.45, 7) is 13.9. The maximum atomic E-state index is 13.0. The van der Waals surface area contributed by atoms with Gasteiger partial charge in [0.2, 0.25) is 0 Å². The van der Waals surface area contributed by atoms with Gasteiger partial charge in [0.25, 0.3) is 0 Å². The summed E-state index contributed by atoms with van der Waals surface area (Å²) in [6.07, 6.45) is -0.866. The molecule has 2 rings (SSSR count). The first-order chi connectivity index (χ1) is 15.9. The van der Waals surface area contributed by atoms with Crippen LogP contribution in [0.2, 0.25) is 0 Å². The summed E-state index contributed by atoms with van der Waals surface area (Å²) in [5.41, 5.74) is 3.68. The number of esters is 2. The molecule has 2 atom stereocenters. The van der Waals surface area contributed by atoms with Crippen LogP contribution in [0.1, 0.15) is 51.0 Å². The number of benzene rings is 2. The number of amides is 2. The predicted molar refractivity (Wildman–Crippen MR) is 134 cm³/mol. The lowest BCUT2D eigenvalue weighted by Crippen LogP contribution is -2.38. The first-order valence-electron chi connectivity index (χ1n) is 10.9. The summed E-state index contributed by atoms with van der Waals surface area (Å²) in [7, 11) is 3.37. The normalized spacial score (nSPS) is 12.2. The monoisotopic (exact) mass is 464 g/mol. The van der Waals surface area contributed by atoms with E-state index in [1.165, 1.54) is 9.80 Å². The van der Waals surface area contributed by atoms with Crippen LogP contribution in [-0.4, -0.2) is 32.1 Å². The fourth-order valence-electron chi connectivity index (χ4n) is 3.04. The number of hydrogen-bond donors (Lipinski definition) is 0. The molecule has 34 heavy (non-hydrogen) atoms. The molecule has 0 bridgehead atoms. The van der Waals surface area contributed by atoms with Crippen molar-refractivity contribution in [1.82, 2.24) is 0 Å². The number of nitrogens with zero attached hydrogens (tertiary/aromatic N) is 2. The first-order valence-corrected chi connectivity index (χ1v) is 10.9. The van der Waals surface area contributed by atoms with Gasteiger partial charge in [0.05, 0.1) is 0 Å². The fraction of sp³-hybridized carbons (Fsp3) is 0.296. The van der Waals surface area contributed by atoms with Gasteiger partial charge in [-0.1, -0.05) is 37.4 Å². The Morgan fingerprint density at radius 1 is 0.676 bits per heavy atom. The van der Waals surface area contributed by atoms with E-state index in [1.807, 2.05) is 24.3 Å². The average Bonchev–Trinajstić information content (AvgIpc) is 2.82. The van der Waals surface area contributed by atoms with E-state index in [0.717, 1.165) is 11.1 Å². The first kappa shape index (κ1) is 26.4. The van der Waals surface area contributed by atoms with E-state index in [0.29, 0.717) is 22.5 Å². The van der Waals surface area contributed by atoms with Crippen molar-refractivity contribution in [2.75, 3.05) is 23.9 Å². The van der Waals surface area contributed by atoms with Crippen molar-refractivity contribution in [3.05, 3.63) is 84.0 Å². The third kappa shape index (κ3) is 6.57. The molecular weight excluding hydrogens is 432 g/mol. The van der Waals surface area contributed by atoms with Gasteiger partial charge >= 0.3 is 18.0 Å². The Kier molecular flexibility index (Phi) is 8.78. The average molecular weight is 465 g/mol. The highest BCUT2D eigenvalue weighted by molar-refractivity contribution is 6.02. The van der Waals surface area contributed by atoms with Crippen molar-refractivity contribution >= 4 is 29.3 Å². The summed E-state index contributed by atoms with van der Waals surface area (Å²) >= 11 is 0. The van der Waals surface area contributed by atoms with Gasteiger partial charge in [0.15, 0.2) is 0 Å². The van der Waals surface area contributed by atoms with Gasteiger partial charge in [0, 0.05) is 36.6 Å². The topological polar surface area (TPSA) is 76.2 Å². The smallest absolute Gasteiger partial charge is 0.333 e. The number of carbonyl (C=O) groups is 3. The number of carbonyl (C=O) groups excluding carboxylic acids is 3. The van der Waals surface area contributed by atoms with E-state index < -0.39 is 24.1 Å². The van der Waals surface area contributed by atoms with Gasteiger partial charge in [-0.05, 0) is 63.1 Å². The lowest BCUT2D eigenvalue weighted by molar-refractivity contribution is -0.144. The lowest BCUT2D eigenvalue weighted by Gasteiger charge is -2.26. The standard InChI is InChI=1S/C27H32N2O5/c1-17(2)25(30)33-19(5)21-9-13-23(14-10-21)28(7)27(32)29(8)24-15-11-22(12-16-24)20(6)34-26(31)18(3)4/h9-16,19-20H,1,3H2,2,4-8H3. The van der Waals surface area contributed by atoms with Crippen molar-refractivity contribution in [3.8, 4) is 0 Å². The van der Waals surface area contributed by atoms with Crippen LogP contribution in [-0.2, 0) is 19.1 Å². The Labute approximate surface area is 201 Å². The second-order valence-electron chi connectivity index (χ2n) is 8.24. The molecule has 0 aliphatic rings. The van der Waals surface area contributed by atoms with Gasteiger partial charge in [-0.2, -0.15) is 0 Å². The van der Waals surface area contributed by atoms with Gasteiger partial charge < -0.3 is 9.47 Å². The summed E-state index contributed by atoms with van der Waals surface area (Å²) < 4.78 is 10.7. The molecule has 0 saturated heterocycles. The van der Waals surface area contributed by atoms with Gasteiger partial charge in [0.1, 0.15) is 12.2 Å². The number of hydrogen-bond acceptors (Lipinski definition) is 5. The molecular formula is C27H32N2O5. The zero-order chi connectivity index (χ0) is 25.6. The van der Waals surface area contributed by atoms with E-state index in [4.69, 9.17) is 9.47 Å². The van der Waals surface area contributed by atoms with Crippen molar-refractivity contribution < 1.29 is 23.9 Å². The number of rotatable bonds is 8. The number of anilines is 2.